The summed E-state index contributed by atoms with van der Waals surface area (Å²) in [6.45, 7) is 1.52. The minimum absolute atomic E-state index is 0.0983. The second-order valence-electron chi connectivity index (χ2n) is 4.10. The molecule has 68 valence electrons. The van der Waals surface area contributed by atoms with Crippen molar-refractivity contribution in [2.24, 2.45) is 11.8 Å². The fraction of sp³-hybridized carbons (Fsp3) is 0.900. The van der Waals surface area contributed by atoms with Crippen LogP contribution in [0.1, 0.15) is 39.0 Å². The summed E-state index contributed by atoms with van der Waals surface area (Å²) in [6, 6.07) is 0. The number of ether oxygens (including phenoxy) is 1. The molecule has 0 spiro atoms. The molecule has 0 aliphatic heterocycles. The largest absolute Gasteiger partial charge is 0.462 e. The fourth-order valence-corrected chi connectivity index (χ4v) is 2.79. The van der Waals surface area contributed by atoms with Crippen molar-refractivity contribution < 1.29 is 9.53 Å². The molecule has 2 heteroatoms. The Morgan fingerprint density at radius 3 is 2.25 bits per heavy atom. The zero-order valence-electron chi connectivity index (χ0n) is 7.58. The zero-order chi connectivity index (χ0) is 8.55. The van der Waals surface area contributed by atoms with Crippen molar-refractivity contribution in [3.8, 4) is 0 Å². The fourth-order valence-electron chi connectivity index (χ4n) is 2.79. The first-order chi connectivity index (χ1) is 5.77. The van der Waals surface area contributed by atoms with Gasteiger partial charge in [-0.25, -0.2) is 0 Å². The van der Waals surface area contributed by atoms with Gasteiger partial charge in [-0.2, -0.15) is 0 Å². The molecule has 2 aliphatic carbocycles. The molecule has 2 unspecified atom stereocenters. The van der Waals surface area contributed by atoms with Gasteiger partial charge in [0.1, 0.15) is 6.10 Å². The molecule has 2 aliphatic rings. The summed E-state index contributed by atoms with van der Waals surface area (Å²) in [6.07, 6.45) is 6.72. The predicted molar refractivity (Wildman–Crippen MR) is 45.6 cm³/mol. The highest BCUT2D eigenvalue weighted by molar-refractivity contribution is 5.66. The second-order valence-corrected chi connectivity index (χ2v) is 4.10. The van der Waals surface area contributed by atoms with Gasteiger partial charge in [0.15, 0.2) is 0 Å². The number of hydrogen-bond donors (Lipinski definition) is 0. The van der Waals surface area contributed by atoms with E-state index in [1.165, 1.54) is 39.0 Å². The van der Waals surface area contributed by atoms with Gasteiger partial charge in [0, 0.05) is 6.92 Å². The van der Waals surface area contributed by atoms with E-state index in [0.717, 1.165) is 0 Å². The number of carbonyl (C=O) groups excluding carboxylic acids is 1. The summed E-state index contributed by atoms with van der Waals surface area (Å²) < 4.78 is 5.34. The normalized spacial score (nSPS) is 39.6. The van der Waals surface area contributed by atoms with Gasteiger partial charge in [-0.15, -0.1) is 0 Å². The van der Waals surface area contributed by atoms with Crippen LogP contribution in [0.5, 0.6) is 0 Å². The molecule has 2 rings (SSSR count). The van der Waals surface area contributed by atoms with E-state index in [0.29, 0.717) is 11.8 Å². The Morgan fingerprint density at radius 1 is 1.17 bits per heavy atom. The minimum Gasteiger partial charge on any atom is -0.462 e. The topological polar surface area (TPSA) is 26.3 Å². The van der Waals surface area contributed by atoms with Gasteiger partial charge >= 0.3 is 5.97 Å². The Morgan fingerprint density at radius 2 is 1.75 bits per heavy atom. The van der Waals surface area contributed by atoms with Crippen LogP contribution in [0.15, 0.2) is 0 Å². The summed E-state index contributed by atoms with van der Waals surface area (Å²) in [4.78, 5) is 10.8. The predicted octanol–water partition coefficient (Wildman–Crippen LogP) is 2.13. The minimum atomic E-state index is -0.0983. The molecular weight excluding hydrogens is 152 g/mol. The Labute approximate surface area is 73.3 Å². The molecule has 0 N–H and O–H groups in total. The molecular formula is C10H16O2. The SMILES string of the molecule is CC(=O)OC1C2CCCC1CC2. The van der Waals surface area contributed by atoms with E-state index in [2.05, 4.69) is 0 Å². The van der Waals surface area contributed by atoms with Gasteiger partial charge in [0.25, 0.3) is 0 Å². The van der Waals surface area contributed by atoms with Crippen molar-refractivity contribution in [2.75, 3.05) is 0 Å². The third-order valence-corrected chi connectivity index (χ3v) is 3.29. The highest BCUT2D eigenvalue weighted by atomic mass is 16.5. The van der Waals surface area contributed by atoms with Gasteiger partial charge in [0.05, 0.1) is 0 Å². The van der Waals surface area contributed by atoms with Crippen LogP contribution in [0.4, 0.5) is 0 Å². The average molecular weight is 168 g/mol. The lowest BCUT2D eigenvalue weighted by Crippen LogP contribution is -2.30. The molecule has 0 aromatic carbocycles. The average Bonchev–Trinajstić information content (AvgIpc) is 2.30. The molecule has 0 aromatic heterocycles. The van der Waals surface area contributed by atoms with Gasteiger partial charge in [0.2, 0.25) is 0 Å². The van der Waals surface area contributed by atoms with Crippen LogP contribution >= 0.6 is 0 Å². The summed E-state index contributed by atoms with van der Waals surface area (Å²) >= 11 is 0. The summed E-state index contributed by atoms with van der Waals surface area (Å²) in [5, 5.41) is 0. The third-order valence-electron chi connectivity index (χ3n) is 3.29. The first-order valence-electron chi connectivity index (χ1n) is 4.94. The van der Waals surface area contributed by atoms with Crippen LogP contribution in [-0.2, 0) is 9.53 Å². The van der Waals surface area contributed by atoms with Gasteiger partial charge in [-0.3, -0.25) is 4.79 Å². The smallest absolute Gasteiger partial charge is 0.302 e. The molecule has 2 fully saturated rings. The lowest BCUT2D eigenvalue weighted by Gasteiger charge is -2.29. The van der Waals surface area contributed by atoms with Gasteiger partial charge in [-0.05, 0) is 37.5 Å². The van der Waals surface area contributed by atoms with Crippen molar-refractivity contribution in [3.63, 3.8) is 0 Å². The maximum Gasteiger partial charge on any atom is 0.302 e. The van der Waals surface area contributed by atoms with Crippen LogP contribution in [0.25, 0.3) is 0 Å². The summed E-state index contributed by atoms with van der Waals surface area (Å²) in [7, 11) is 0. The highest BCUT2D eigenvalue weighted by Gasteiger charge is 2.40. The monoisotopic (exact) mass is 168 g/mol. The highest BCUT2D eigenvalue weighted by Crippen LogP contribution is 2.43. The molecule has 12 heavy (non-hydrogen) atoms. The van der Waals surface area contributed by atoms with Crippen molar-refractivity contribution >= 4 is 5.97 Å². The van der Waals surface area contributed by atoms with Crippen molar-refractivity contribution in [1.82, 2.24) is 0 Å². The molecule has 0 amide bonds. The number of hydrogen-bond acceptors (Lipinski definition) is 2. The van der Waals surface area contributed by atoms with E-state index < -0.39 is 0 Å². The Balaban J connectivity index is 2.00. The van der Waals surface area contributed by atoms with Crippen molar-refractivity contribution in [1.29, 1.82) is 0 Å². The molecule has 0 aromatic rings. The molecule has 0 saturated heterocycles. The Bertz CT molecular complexity index is 172. The summed E-state index contributed by atoms with van der Waals surface area (Å²) in [5.41, 5.74) is 0. The van der Waals surface area contributed by atoms with Gasteiger partial charge in [-0.1, -0.05) is 6.42 Å². The lowest BCUT2D eigenvalue weighted by molar-refractivity contribution is -0.151. The van der Waals surface area contributed by atoms with Crippen LogP contribution in [0, 0.1) is 11.8 Å². The maximum absolute atomic E-state index is 10.8. The van der Waals surface area contributed by atoms with E-state index in [4.69, 9.17) is 4.74 Å². The lowest BCUT2D eigenvalue weighted by atomic mass is 9.86. The van der Waals surface area contributed by atoms with E-state index in [9.17, 15) is 4.79 Å². The standard InChI is InChI=1S/C10H16O2/c1-7(11)12-10-8-3-2-4-9(10)6-5-8/h8-10H,2-6H2,1H3. The second kappa shape index (κ2) is 3.08. The number of rotatable bonds is 1. The zero-order valence-corrected chi connectivity index (χ0v) is 7.58. The molecule has 0 radical (unpaired) electrons. The van der Waals surface area contributed by atoms with Crippen LogP contribution in [0.3, 0.4) is 0 Å². The maximum atomic E-state index is 10.8. The van der Waals surface area contributed by atoms with E-state index in [1.807, 2.05) is 0 Å². The molecule has 2 bridgehead atoms. The molecule has 2 atom stereocenters. The van der Waals surface area contributed by atoms with Crippen LogP contribution < -0.4 is 0 Å². The van der Waals surface area contributed by atoms with E-state index in [1.54, 1.807) is 0 Å². The first kappa shape index (κ1) is 8.09. The first-order valence-corrected chi connectivity index (χ1v) is 4.94. The number of carbonyl (C=O) groups is 1. The Kier molecular flexibility index (Phi) is 2.07. The van der Waals surface area contributed by atoms with E-state index in [-0.39, 0.29) is 12.1 Å². The van der Waals surface area contributed by atoms with Crippen molar-refractivity contribution in [2.45, 2.75) is 45.1 Å². The summed E-state index contributed by atoms with van der Waals surface area (Å²) in [5.74, 6) is 1.28. The molecule has 2 nitrogen and oxygen atoms in total. The number of esters is 1. The van der Waals surface area contributed by atoms with Crippen molar-refractivity contribution in [3.05, 3.63) is 0 Å². The van der Waals surface area contributed by atoms with Gasteiger partial charge < -0.3 is 4.74 Å². The van der Waals surface area contributed by atoms with E-state index >= 15 is 0 Å². The molecule has 0 heterocycles. The molecule has 2 saturated carbocycles. The quantitative estimate of drug-likeness (QED) is 0.561. The van der Waals surface area contributed by atoms with Crippen LogP contribution in [-0.4, -0.2) is 12.1 Å². The van der Waals surface area contributed by atoms with Crippen LogP contribution in [0.2, 0.25) is 0 Å². The Hall–Kier alpha value is -0.530. The number of fused-ring (bicyclic) bond motifs is 2. The third kappa shape index (κ3) is 1.35.